The molecule has 15 heavy (non-hydrogen) atoms. The first-order valence-electron chi connectivity index (χ1n) is 4.94. The molecule has 0 aromatic heterocycles. The Morgan fingerprint density at radius 1 is 1.20 bits per heavy atom. The van der Waals surface area contributed by atoms with Crippen LogP contribution in [0.4, 0.5) is 17.6 Å². The number of nitrogens with one attached hydrogen (secondary N) is 1. The lowest BCUT2D eigenvalue weighted by Gasteiger charge is -2.25. The second-order valence-corrected chi connectivity index (χ2v) is 3.61. The van der Waals surface area contributed by atoms with Gasteiger partial charge in [-0.2, -0.15) is 13.2 Å². The Kier molecular flexibility index (Phi) is 6.84. The minimum atomic E-state index is -4.18. The normalized spacial score (nSPS) is 12.8. The molecule has 0 radical (unpaired) electrons. The highest BCUT2D eigenvalue weighted by Crippen LogP contribution is 2.11. The topological polar surface area (TPSA) is 15.3 Å². The van der Waals surface area contributed by atoms with Crippen molar-refractivity contribution in [1.29, 1.82) is 0 Å². The summed E-state index contributed by atoms with van der Waals surface area (Å²) in [5, 5.41) is 2.28. The van der Waals surface area contributed by atoms with E-state index in [-0.39, 0.29) is 19.1 Å². The quantitative estimate of drug-likeness (QED) is 0.530. The van der Waals surface area contributed by atoms with Gasteiger partial charge in [-0.05, 0) is 13.8 Å². The summed E-state index contributed by atoms with van der Waals surface area (Å²) in [7, 11) is 0. The second-order valence-electron chi connectivity index (χ2n) is 3.61. The molecule has 0 saturated carbocycles. The number of alkyl halides is 4. The molecule has 0 aromatic carbocycles. The molecule has 0 rings (SSSR count). The van der Waals surface area contributed by atoms with Gasteiger partial charge in [0, 0.05) is 25.7 Å². The molecule has 0 unspecified atom stereocenters. The van der Waals surface area contributed by atoms with Crippen molar-refractivity contribution in [3.8, 4) is 0 Å². The largest absolute Gasteiger partial charge is 0.401 e. The van der Waals surface area contributed by atoms with Crippen molar-refractivity contribution < 1.29 is 17.6 Å². The van der Waals surface area contributed by atoms with Crippen LogP contribution >= 0.6 is 0 Å². The maximum Gasteiger partial charge on any atom is 0.401 e. The number of halogens is 4. The van der Waals surface area contributed by atoms with Gasteiger partial charge in [0.05, 0.1) is 6.54 Å². The van der Waals surface area contributed by atoms with Crippen molar-refractivity contribution in [3.05, 3.63) is 0 Å². The number of hydrogen-bond acceptors (Lipinski definition) is 2. The Hall–Kier alpha value is -0.360. The lowest BCUT2D eigenvalue weighted by Crippen LogP contribution is -2.40. The van der Waals surface area contributed by atoms with Crippen LogP contribution in [0.25, 0.3) is 0 Å². The molecule has 0 aliphatic rings. The van der Waals surface area contributed by atoms with Crippen LogP contribution in [0.15, 0.2) is 0 Å². The first kappa shape index (κ1) is 14.6. The van der Waals surface area contributed by atoms with Crippen LogP contribution < -0.4 is 5.32 Å². The summed E-state index contributed by atoms with van der Waals surface area (Å²) in [4.78, 5) is 1.80. The van der Waals surface area contributed by atoms with Crippen molar-refractivity contribution in [2.75, 3.05) is 32.9 Å². The van der Waals surface area contributed by atoms with E-state index in [1.807, 2.05) is 13.8 Å². The van der Waals surface area contributed by atoms with E-state index in [1.54, 1.807) is 4.90 Å². The van der Waals surface area contributed by atoms with Crippen LogP contribution in [0.5, 0.6) is 0 Å². The third-order valence-electron chi connectivity index (χ3n) is 2.00. The molecule has 0 amide bonds. The number of hydrogen-bond donors (Lipinski definition) is 1. The predicted octanol–water partition coefficient (Wildman–Crippen LogP) is 1.82. The van der Waals surface area contributed by atoms with E-state index < -0.39 is 19.4 Å². The van der Waals surface area contributed by atoms with Gasteiger partial charge in [0.1, 0.15) is 6.67 Å². The maximum atomic E-state index is 12.1. The number of nitrogens with zero attached hydrogens (tertiary/aromatic N) is 1. The van der Waals surface area contributed by atoms with E-state index in [9.17, 15) is 17.6 Å². The highest BCUT2D eigenvalue weighted by molar-refractivity contribution is 4.65. The SMILES string of the molecule is CC(C)N(CCF)CCNCC(F)(F)F. The maximum absolute atomic E-state index is 12.1. The molecular weight excluding hydrogens is 212 g/mol. The molecule has 0 heterocycles. The molecule has 0 atom stereocenters. The molecule has 0 saturated heterocycles. The summed E-state index contributed by atoms with van der Waals surface area (Å²) in [6, 6.07) is 0.147. The molecule has 0 aromatic rings. The molecular formula is C9H18F4N2. The van der Waals surface area contributed by atoms with E-state index in [4.69, 9.17) is 0 Å². The Labute approximate surface area is 87.6 Å². The fraction of sp³-hybridized carbons (Fsp3) is 1.00. The zero-order valence-corrected chi connectivity index (χ0v) is 9.07. The van der Waals surface area contributed by atoms with Gasteiger partial charge in [0.25, 0.3) is 0 Å². The summed E-state index contributed by atoms with van der Waals surface area (Å²) >= 11 is 0. The monoisotopic (exact) mass is 230 g/mol. The zero-order chi connectivity index (χ0) is 11.9. The fourth-order valence-corrected chi connectivity index (χ4v) is 1.19. The summed E-state index contributed by atoms with van der Waals surface area (Å²) in [5.41, 5.74) is 0. The predicted molar refractivity (Wildman–Crippen MR) is 51.6 cm³/mol. The van der Waals surface area contributed by atoms with Gasteiger partial charge in [0.15, 0.2) is 0 Å². The molecule has 6 heteroatoms. The highest BCUT2D eigenvalue weighted by Gasteiger charge is 2.26. The third kappa shape index (κ3) is 8.62. The zero-order valence-electron chi connectivity index (χ0n) is 9.07. The van der Waals surface area contributed by atoms with Crippen molar-refractivity contribution >= 4 is 0 Å². The summed E-state index contributed by atoms with van der Waals surface area (Å²) in [6.45, 7) is 3.23. The van der Waals surface area contributed by atoms with Gasteiger partial charge in [-0.15, -0.1) is 0 Å². The minimum absolute atomic E-state index is 0.147. The minimum Gasteiger partial charge on any atom is -0.307 e. The Morgan fingerprint density at radius 3 is 2.20 bits per heavy atom. The Bertz CT molecular complexity index is 159. The van der Waals surface area contributed by atoms with Crippen molar-refractivity contribution in [2.45, 2.75) is 26.1 Å². The van der Waals surface area contributed by atoms with Crippen molar-refractivity contribution in [3.63, 3.8) is 0 Å². The smallest absolute Gasteiger partial charge is 0.307 e. The standard InChI is InChI=1S/C9H18F4N2/c1-8(2)15(5-3-10)6-4-14-7-9(11,12)13/h8,14H,3-7H2,1-2H3. The lowest BCUT2D eigenvalue weighted by atomic mass is 10.3. The van der Waals surface area contributed by atoms with E-state index in [2.05, 4.69) is 5.32 Å². The van der Waals surface area contributed by atoms with Crippen LogP contribution in [0, 0.1) is 0 Å². The molecule has 0 spiro atoms. The fourth-order valence-electron chi connectivity index (χ4n) is 1.19. The van der Waals surface area contributed by atoms with Gasteiger partial charge in [-0.1, -0.05) is 0 Å². The van der Waals surface area contributed by atoms with Crippen LogP contribution in [-0.2, 0) is 0 Å². The van der Waals surface area contributed by atoms with Gasteiger partial charge in [-0.3, -0.25) is 4.90 Å². The summed E-state index contributed by atoms with van der Waals surface area (Å²) in [5.74, 6) is 0. The van der Waals surface area contributed by atoms with E-state index in [0.29, 0.717) is 6.54 Å². The number of rotatable bonds is 7. The summed E-state index contributed by atoms with van der Waals surface area (Å²) in [6.07, 6.45) is -4.18. The first-order chi connectivity index (χ1) is 6.87. The van der Waals surface area contributed by atoms with Crippen molar-refractivity contribution in [2.24, 2.45) is 0 Å². The van der Waals surface area contributed by atoms with Gasteiger partial charge in [-0.25, -0.2) is 4.39 Å². The molecule has 2 nitrogen and oxygen atoms in total. The average Bonchev–Trinajstić information content (AvgIpc) is 2.08. The van der Waals surface area contributed by atoms with Crippen LogP contribution in [0.2, 0.25) is 0 Å². The van der Waals surface area contributed by atoms with Crippen LogP contribution in [0.1, 0.15) is 13.8 Å². The van der Waals surface area contributed by atoms with E-state index in [1.165, 1.54) is 0 Å². The molecule has 0 aliphatic carbocycles. The lowest BCUT2D eigenvalue weighted by molar-refractivity contribution is -0.124. The molecule has 1 N–H and O–H groups in total. The van der Waals surface area contributed by atoms with Crippen molar-refractivity contribution in [1.82, 2.24) is 10.2 Å². The third-order valence-corrected chi connectivity index (χ3v) is 2.00. The van der Waals surface area contributed by atoms with Gasteiger partial charge in [0.2, 0.25) is 0 Å². The molecule has 92 valence electrons. The van der Waals surface area contributed by atoms with Crippen LogP contribution in [-0.4, -0.2) is 50.0 Å². The molecule has 0 bridgehead atoms. The van der Waals surface area contributed by atoms with E-state index >= 15 is 0 Å². The first-order valence-corrected chi connectivity index (χ1v) is 4.94. The summed E-state index contributed by atoms with van der Waals surface area (Å²) < 4.78 is 47.3. The average molecular weight is 230 g/mol. The Balaban J connectivity index is 3.62. The molecule has 0 aliphatic heterocycles. The second kappa shape index (κ2) is 7.00. The van der Waals surface area contributed by atoms with Gasteiger partial charge >= 0.3 is 6.18 Å². The van der Waals surface area contributed by atoms with E-state index in [0.717, 1.165) is 0 Å². The van der Waals surface area contributed by atoms with Gasteiger partial charge < -0.3 is 5.32 Å². The van der Waals surface area contributed by atoms with Crippen LogP contribution in [0.3, 0.4) is 0 Å². The highest BCUT2D eigenvalue weighted by atomic mass is 19.4. The molecule has 0 fully saturated rings. The Morgan fingerprint density at radius 2 is 1.80 bits per heavy atom.